The summed E-state index contributed by atoms with van der Waals surface area (Å²) in [7, 11) is 0. The van der Waals surface area contributed by atoms with Crippen LogP contribution in [0.25, 0.3) is 0 Å². The Morgan fingerprint density at radius 2 is 1.95 bits per heavy atom. The third-order valence-corrected chi connectivity index (χ3v) is 4.95. The molecule has 0 amide bonds. The molecule has 1 saturated heterocycles. The second-order valence-corrected chi connectivity index (χ2v) is 7.73. The Hall–Kier alpha value is -0.470. The van der Waals surface area contributed by atoms with Crippen molar-refractivity contribution in [3.63, 3.8) is 0 Å². The molecule has 0 bridgehead atoms. The first kappa shape index (κ1) is 14.9. The van der Waals surface area contributed by atoms with Gasteiger partial charge in [-0.1, -0.05) is 32.9 Å². The molecule has 1 fully saturated rings. The molecule has 0 spiro atoms. The van der Waals surface area contributed by atoms with E-state index in [9.17, 15) is 0 Å². The number of nitrogens with one attached hydrogen (secondary N) is 1. The van der Waals surface area contributed by atoms with Crippen molar-refractivity contribution in [3.8, 4) is 0 Å². The lowest BCUT2D eigenvalue weighted by atomic mass is 9.87. The molecule has 1 aliphatic heterocycles. The van der Waals surface area contributed by atoms with Crippen molar-refractivity contribution >= 4 is 11.8 Å². The quantitative estimate of drug-likeness (QED) is 0.623. The summed E-state index contributed by atoms with van der Waals surface area (Å²) in [5.74, 6) is 1.24. The standard InChI is InChI=1S/C17H27NS/c1-17(2,3)14-8-10-16(11-9-14)19-13-5-7-15-6-4-12-18-15/h8-11,15,18H,4-7,12-13H2,1-3H3. The van der Waals surface area contributed by atoms with Gasteiger partial charge in [-0.2, -0.15) is 0 Å². The molecule has 106 valence electrons. The molecule has 0 saturated carbocycles. The van der Waals surface area contributed by atoms with Gasteiger partial charge in [0.15, 0.2) is 0 Å². The van der Waals surface area contributed by atoms with Gasteiger partial charge < -0.3 is 5.32 Å². The summed E-state index contributed by atoms with van der Waals surface area (Å²) in [6, 6.07) is 9.91. The van der Waals surface area contributed by atoms with Crippen LogP contribution in [0.2, 0.25) is 0 Å². The van der Waals surface area contributed by atoms with E-state index in [2.05, 4.69) is 50.4 Å². The van der Waals surface area contributed by atoms with E-state index in [-0.39, 0.29) is 5.41 Å². The zero-order valence-electron chi connectivity index (χ0n) is 12.5. The summed E-state index contributed by atoms with van der Waals surface area (Å²) in [4.78, 5) is 1.41. The smallest absolute Gasteiger partial charge is 0.00721 e. The summed E-state index contributed by atoms with van der Waals surface area (Å²) in [6.45, 7) is 8.03. The van der Waals surface area contributed by atoms with Crippen LogP contribution < -0.4 is 5.32 Å². The highest BCUT2D eigenvalue weighted by molar-refractivity contribution is 7.99. The summed E-state index contributed by atoms with van der Waals surface area (Å²) in [5, 5.41) is 3.57. The van der Waals surface area contributed by atoms with Crippen molar-refractivity contribution in [2.45, 2.75) is 62.8 Å². The Morgan fingerprint density at radius 1 is 1.21 bits per heavy atom. The van der Waals surface area contributed by atoms with E-state index in [0.717, 1.165) is 6.04 Å². The average molecular weight is 277 g/mol. The van der Waals surface area contributed by atoms with Crippen LogP contribution in [0.5, 0.6) is 0 Å². The fourth-order valence-electron chi connectivity index (χ4n) is 2.57. The highest BCUT2D eigenvalue weighted by atomic mass is 32.2. The number of rotatable bonds is 5. The second kappa shape index (κ2) is 6.81. The molecule has 2 heteroatoms. The van der Waals surface area contributed by atoms with Gasteiger partial charge in [-0.15, -0.1) is 11.8 Å². The molecule has 1 nitrogen and oxygen atoms in total. The van der Waals surface area contributed by atoms with Gasteiger partial charge in [0, 0.05) is 10.9 Å². The molecule has 1 N–H and O–H groups in total. The molecule has 0 aromatic heterocycles. The molecular weight excluding hydrogens is 250 g/mol. The van der Waals surface area contributed by atoms with Crippen LogP contribution >= 0.6 is 11.8 Å². The largest absolute Gasteiger partial charge is 0.314 e. The number of hydrogen-bond donors (Lipinski definition) is 1. The van der Waals surface area contributed by atoms with Crippen molar-refractivity contribution in [1.29, 1.82) is 0 Å². The number of thioether (sulfide) groups is 1. The van der Waals surface area contributed by atoms with E-state index in [4.69, 9.17) is 0 Å². The van der Waals surface area contributed by atoms with Gasteiger partial charge in [0.05, 0.1) is 0 Å². The Morgan fingerprint density at radius 3 is 2.53 bits per heavy atom. The summed E-state index contributed by atoms with van der Waals surface area (Å²) in [5.41, 5.74) is 1.68. The molecule has 1 unspecified atom stereocenters. The highest BCUT2D eigenvalue weighted by Crippen LogP contribution is 2.26. The molecule has 1 aliphatic rings. The Labute approximate surface area is 122 Å². The Bertz CT molecular complexity index is 371. The van der Waals surface area contributed by atoms with E-state index in [0.29, 0.717) is 0 Å². The van der Waals surface area contributed by atoms with E-state index in [1.807, 2.05) is 11.8 Å². The van der Waals surface area contributed by atoms with E-state index >= 15 is 0 Å². The third kappa shape index (κ3) is 4.85. The van der Waals surface area contributed by atoms with E-state index in [1.165, 1.54) is 48.4 Å². The minimum absolute atomic E-state index is 0.261. The molecule has 1 heterocycles. The predicted octanol–water partition coefficient (Wildman–Crippen LogP) is 4.61. The van der Waals surface area contributed by atoms with Gasteiger partial charge in [-0.3, -0.25) is 0 Å². The number of benzene rings is 1. The minimum Gasteiger partial charge on any atom is -0.314 e. The lowest BCUT2D eigenvalue weighted by Crippen LogP contribution is -2.20. The van der Waals surface area contributed by atoms with Gasteiger partial charge in [0.1, 0.15) is 0 Å². The minimum atomic E-state index is 0.261. The fourth-order valence-corrected chi connectivity index (χ4v) is 3.45. The second-order valence-electron chi connectivity index (χ2n) is 6.56. The molecular formula is C17H27NS. The van der Waals surface area contributed by atoms with Crippen LogP contribution in [-0.2, 0) is 5.41 Å². The van der Waals surface area contributed by atoms with Gasteiger partial charge in [0.2, 0.25) is 0 Å². The van der Waals surface area contributed by atoms with Crippen molar-refractivity contribution in [1.82, 2.24) is 5.32 Å². The van der Waals surface area contributed by atoms with Crippen molar-refractivity contribution < 1.29 is 0 Å². The maximum absolute atomic E-state index is 3.57. The summed E-state index contributed by atoms with van der Waals surface area (Å²) in [6.07, 6.45) is 5.41. The van der Waals surface area contributed by atoms with Crippen LogP contribution in [0, 0.1) is 0 Å². The van der Waals surface area contributed by atoms with Crippen LogP contribution in [0.4, 0.5) is 0 Å². The lowest BCUT2D eigenvalue weighted by Gasteiger charge is -2.19. The normalized spacial score (nSPS) is 19.8. The predicted molar refractivity (Wildman–Crippen MR) is 86.1 cm³/mol. The van der Waals surface area contributed by atoms with Gasteiger partial charge in [0.25, 0.3) is 0 Å². The van der Waals surface area contributed by atoms with Crippen LogP contribution in [-0.4, -0.2) is 18.3 Å². The lowest BCUT2D eigenvalue weighted by molar-refractivity contribution is 0.553. The highest BCUT2D eigenvalue weighted by Gasteiger charge is 2.14. The van der Waals surface area contributed by atoms with Gasteiger partial charge in [-0.25, -0.2) is 0 Å². The zero-order valence-corrected chi connectivity index (χ0v) is 13.4. The first-order valence-corrected chi connectivity index (χ1v) is 8.51. The van der Waals surface area contributed by atoms with E-state index < -0.39 is 0 Å². The molecule has 1 aromatic rings. The topological polar surface area (TPSA) is 12.0 Å². The zero-order chi connectivity index (χ0) is 13.7. The Balaban J connectivity index is 1.71. The average Bonchev–Trinajstić information content (AvgIpc) is 2.87. The maximum Gasteiger partial charge on any atom is 0.00721 e. The summed E-state index contributed by atoms with van der Waals surface area (Å²) < 4.78 is 0. The first-order chi connectivity index (χ1) is 9.05. The number of hydrogen-bond acceptors (Lipinski definition) is 2. The Kier molecular flexibility index (Phi) is 5.35. The van der Waals surface area contributed by atoms with Crippen LogP contribution in [0.15, 0.2) is 29.2 Å². The fraction of sp³-hybridized carbons (Fsp3) is 0.647. The van der Waals surface area contributed by atoms with Gasteiger partial charge in [-0.05, 0) is 61.1 Å². The van der Waals surface area contributed by atoms with E-state index in [1.54, 1.807) is 0 Å². The molecule has 0 aliphatic carbocycles. The monoisotopic (exact) mass is 277 g/mol. The summed E-state index contributed by atoms with van der Waals surface area (Å²) >= 11 is 2.00. The van der Waals surface area contributed by atoms with Crippen molar-refractivity contribution in [3.05, 3.63) is 29.8 Å². The molecule has 0 radical (unpaired) electrons. The van der Waals surface area contributed by atoms with Crippen molar-refractivity contribution in [2.24, 2.45) is 0 Å². The molecule has 1 atom stereocenters. The van der Waals surface area contributed by atoms with Crippen LogP contribution in [0.1, 0.15) is 52.0 Å². The molecule has 2 rings (SSSR count). The third-order valence-electron chi connectivity index (χ3n) is 3.85. The van der Waals surface area contributed by atoms with Gasteiger partial charge >= 0.3 is 0 Å². The molecule has 19 heavy (non-hydrogen) atoms. The van der Waals surface area contributed by atoms with Crippen molar-refractivity contribution in [2.75, 3.05) is 12.3 Å². The maximum atomic E-state index is 3.57. The van der Waals surface area contributed by atoms with Crippen LogP contribution in [0.3, 0.4) is 0 Å². The molecule has 1 aromatic carbocycles. The SMILES string of the molecule is CC(C)(C)c1ccc(SCCCC2CCCN2)cc1. The first-order valence-electron chi connectivity index (χ1n) is 7.52.